The number of fused-ring (bicyclic) bond motifs is 4. The summed E-state index contributed by atoms with van der Waals surface area (Å²) in [4.78, 5) is 13.5. The number of pyridine rings is 2. The molecule has 0 amide bonds. The van der Waals surface area contributed by atoms with Crippen molar-refractivity contribution in [2.75, 3.05) is 9.80 Å². The maximum Gasteiger partial charge on any atom is 0.135 e. The Kier molecular flexibility index (Phi) is 7.53. The standard InChI is InChI=1S/C37H34N5O.Pt/c1-36(2,3)25-16-19-39-35(20-25)42-31-13-8-7-12-29(31)30-15-14-28(22-33(30)42)43-27-11-9-10-26(21-27)40-24-41(37(4,5)6)32-17-18-38-23-34(32)40;/h7-20,23-24H,1-6H3;/q-3;. The Hall–Kier alpha value is -4.15. The minimum atomic E-state index is -0.0942. The fourth-order valence-electron chi connectivity index (χ4n) is 5.67. The zero-order valence-electron chi connectivity index (χ0n) is 25.7. The van der Waals surface area contributed by atoms with Gasteiger partial charge >= 0.3 is 0 Å². The molecular weight excluding hydrogens is 726 g/mol. The van der Waals surface area contributed by atoms with Gasteiger partial charge in [-0.1, -0.05) is 44.5 Å². The van der Waals surface area contributed by atoms with Crippen LogP contribution in [0, 0.1) is 18.8 Å². The number of nitrogens with zero attached hydrogens (tertiary/aromatic N) is 5. The first-order chi connectivity index (χ1) is 20.6. The van der Waals surface area contributed by atoms with Gasteiger partial charge in [0.2, 0.25) is 0 Å². The topological polar surface area (TPSA) is 46.4 Å². The summed E-state index contributed by atoms with van der Waals surface area (Å²) in [5, 5.41) is 2.25. The summed E-state index contributed by atoms with van der Waals surface area (Å²) in [6, 6.07) is 31.8. The molecule has 0 bridgehead atoms. The first-order valence-electron chi connectivity index (χ1n) is 14.6. The third-order valence-corrected chi connectivity index (χ3v) is 7.88. The third-order valence-electron chi connectivity index (χ3n) is 7.88. The van der Waals surface area contributed by atoms with E-state index in [0.717, 1.165) is 44.7 Å². The fraction of sp³-hybridized carbons (Fsp3) is 0.216. The van der Waals surface area contributed by atoms with Gasteiger partial charge in [-0.25, -0.2) is 4.98 Å². The van der Waals surface area contributed by atoms with Crippen molar-refractivity contribution in [2.24, 2.45) is 0 Å². The number of rotatable bonds is 4. The largest absolute Gasteiger partial charge is 0.509 e. The molecule has 226 valence electrons. The number of ether oxygens (including phenoxy) is 1. The van der Waals surface area contributed by atoms with Gasteiger partial charge in [-0.15, -0.1) is 41.4 Å². The fourth-order valence-corrected chi connectivity index (χ4v) is 5.67. The van der Waals surface area contributed by atoms with E-state index in [1.165, 1.54) is 5.56 Å². The Bertz CT molecular complexity index is 1980. The summed E-state index contributed by atoms with van der Waals surface area (Å²) in [5.74, 6) is 2.08. The number of hydrogen-bond donors (Lipinski definition) is 0. The number of para-hydroxylation sites is 1. The molecule has 0 fully saturated rings. The van der Waals surface area contributed by atoms with E-state index in [-0.39, 0.29) is 32.0 Å². The van der Waals surface area contributed by atoms with Crippen LogP contribution < -0.4 is 14.5 Å². The van der Waals surface area contributed by atoms with Crippen LogP contribution in [-0.4, -0.2) is 20.1 Å². The Morgan fingerprint density at radius 3 is 2.36 bits per heavy atom. The van der Waals surface area contributed by atoms with Gasteiger partial charge in [0.05, 0.1) is 5.69 Å². The number of anilines is 3. The molecule has 0 saturated heterocycles. The van der Waals surface area contributed by atoms with Crippen LogP contribution >= 0.6 is 0 Å². The first-order valence-corrected chi connectivity index (χ1v) is 14.6. The average Bonchev–Trinajstić information content (AvgIpc) is 3.53. The maximum absolute atomic E-state index is 6.42. The predicted octanol–water partition coefficient (Wildman–Crippen LogP) is 9.14. The van der Waals surface area contributed by atoms with Crippen LogP contribution in [0.15, 0.2) is 91.4 Å². The molecule has 7 rings (SSSR count). The molecule has 1 aliphatic rings. The molecule has 0 unspecified atom stereocenters. The molecule has 0 saturated carbocycles. The van der Waals surface area contributed by atoms with Crippen LogP contribution in [0.4, 0.5) is 17.1 Å². The molecule has 0 aliphatic carbocycles. The normalized spacial score (nSPS) is 13.3. The van der Waals surface area contributed by atoms with Gasteiger partial charge in [-0.2, -0.15) is 18.8 Å². The van der Waals surface area contributed by atoms with Crippen molar-refractivity contribution in [3.05, 3.63) is 116 Å². The maximum atomic E-state index is 6.42. The van der Waals surface area contributed by atoms with Crippen LogP contribution in [0.5, 0.6) is 11.5 Å². The van der Waals surface area contributed by atoms with Crippen LogP contribution in [0.3, 0.4) is 0 Å². The predicted molar refractivity (Wildman–Crippen MR) is 174 cm³/mol. The van der Waals surface area contributed by atoms with Gasteiger partial charge in [-0.3, -0.25) is 4.98 Å². The van der Waals surface area contributed by atoms with Crippen molar-refractivity contribution in [3.8, 4) is 17.3 Å². The van der Waals surface area contributed by atoms with E-state index < -0.39 is 0 Å². The zero-order valence-corrected chi connectivity index (χ0v) is 28.0. The van der Waals surface area contributed by atoms with Crippen molar-refractivity contribution in [2.45, 2.75) is 52.5 Å². The van der Waals surface area contributed by atoms with E-state index in [9.17, 15) is 0 Å². The van der Waals surface area contributed by atoms with Gasteiger partial charge in [0, 0.05) is 67.9 Å². The van der Waals surface area contributed by atoms with E-state index in [2.05, 4.69) is 122 Å². The quantitative estimate of drug-likeness (QED) is 0.168. The molecule has 1 aliphatic heterocycles. The van der Waals surface area contributed by atoms with Gasteiger partial charge in [0.25, 0.3) is 0 Å². The molecule has 0 radical (unpaired) electrons. The van der Waals surface area contributed by atoms with E-state index in [1.54, 1.807) is 0 Å². The Balaban J connectivity index is 0.00000343. The first kappa shape index (κ1) is 29.9. The molecular formula is C37H34N5OPt-3. The molecule has 4 heterocycles. The van der Waals surface area contributed by atoms with Crippen molar-refractivity contribution >= 4 is 38.9 Å². The molecule has 6 nitrogen and oxygen atoms in total. The molecule has 7 heteroatoms. The van der Waals surface area contributed by atoms with E-state index in [1.807, 2.05) is 48.9 Å². The summed E-state index contributed by atoms with van der Waals surface area (Å²) < 4.78 is 8.60. The van der Waals surface area contributed by atoms with Gasteiger partial charge < -0.3 is 19.1 Å². The molecule has 0 spiro atoms. The molecule has 3 aromatic carbocycles. The smallest absolute Gasteiger partial charge is 0.135 e. The second-order valence-corrected chi connectivity index (χ2v) is 13.0. The Morgan fingerprint density at radius 1 is 0.773 bits per heavy atom. The van der Waals surface area contributed by atoms with Crippen molar-refractivity contribution in [1.82, 2.24) is 14.5 Å². The molecule has 3 aromatic heterocycles. The number of benzene rings is 3. The summed E-state index contributed by atoms with van der Waals surface area (Å²) in [6.07, 6.45) is 5.61. The summed E-state index contributed by atoms with van der Waals surface area (Å²) in [5.41, 5.74) is 6.12. The minimum Gasteiger partial charge on any atom is -0.509 e. The van der Waals surface area contributed by atoms with E-state index in [4.69, 9.17) is 9.72 Å². The second-order valence-electron chi connectivity index (χ2n) is 13.0. The Labute approximate surface area is 273 Å². The van der Waals surface area contributed by atoms with Crippen molar-refractivity contribution in [1.29, 1.82) is 0 Å². The van der Waals surface area contributed by atoms with E-state index in [0.29, 0.717) is 11.5 Å². The molecule has 0 atom stereocenters. The summed E-state index contributed by atoms with van der Waals surface area (Å²) in [6.45, 7) is 15.3. The molecule has 44 heavy (non-hydrogen) atoms. The molecule has 6 aromatic rings. The second kappa shape index (κ2) is 11.1. The van der Waals surface area contributed by atoms with Gasteiger partial charge in [-0.05, 0) is 61.4 Å². The molecule has 0 N–H and O–H groups in total. The van der Waals surface area contributed by atoms with Crippen LogP contribution in [0.1, 0.15) is 47.1 Å². The van der Waals surface area contributed by atoms with Crippen molar-refractivity contribution < 1.29 is 25.8 Å². The Morgan fingerprint density at radius 2 is 1.57 bits per heavy atom. The van der Waals surface area contributed by atoms with Gasteiger partial charge in [0.1, 0.15) is 5.82 Å². The number of aromatic nitrogens is 3. The van der Waals surface area contributed by atoms with E-state index >= 15 is 0 Å². The monoisotopic (exact) mass is 759 g/mol. The number of hydrogen-bond acceptors (Lipinski definition) is 5. The van der Waals surface area contributed by atoms with Crippen LogP contribution in [0.25, 0.3) is 27.6 Å². The SMILES string of the molecule is CC(C)(C)c1ccnc(-n2c3[c-]c(Oc4[c-]c(N5[CH-]N(C(C)(C)C)c6ccncc65)ccc4)ccc3c3ccccc32)c1.[Pt]. The van der Waals surface area contributed by atoms with Crippen molar-refractivity contribution in [3.63, 3.8) is 0 Å². The third kappa shape index (κ3) is 5.26. The van der Waals surface area contributed by atoms with Crippen LogP contribution in [-0.2, 0) is 26.5 Å². The van der Waals surface area contributed by atoms with Crippen LogP contribution in [0.2, 0.25) is 0 Å². The summed E-state index contributed by atoms with van der Waals surface area (Å²) >= 11 is 0. The summed E-state index contributed by atoms with van der Waals surface area (Å²) in [7, 11) is 0. The average molecular weight is 760 g/mol. The van der Waals surface area contributed by atoms with Gasteiger partial charge in [0.15, 0.2) is 0 Å². The zero-order chi connectivity index (χ0) is 29.9. The minimum absolute atomic E-state index is 0.